The van der Waals surface area contributed by atoms with Gasteiger partial charge in [-0.15, -0.1) is 0 Å². The molecule has 5 nitrogen and oxygen atoms in total. The van der Waals surface area contributed by atoms with Gasteiger partial charge in [0, 0.05) is 38.8 Å². The highest BCUT2D eigenvalue weighted by atomic mass is 16.5. The van der Waals surface area contributed by atoms with E-state index in [1.807, 2.05) is 37.3 Å². The van der Waals surface area contributed by atoms with E-state index in [2.05, 4.69) is 22.0 Å². The highest BCUT2D eigenvalue weighted by molar-refractivity contribution is 5.78. The minimum atomic E-state index is 0.139. The van der Waals surface area contributed by atoms with Gasteiger partial charge in [0.1, 0.15) is 12.4 Å². The average Bonchev–Trinajstić information content (AvgIpc) is 2.57. The normalized spacial score (nSPS) is 17.7. The van der Waals surface area contributed by atoms with Gasteiger partial charge in [-0.1, -0.05) is 25.1 Å². The number of piperazine rings is 1. The van der Waals surface area contributed by atoms with E-state index in [9.17, 15) is 4.79 Å². The topological polar surface area (TPSA) is 44.8 Å². The van der Waals surface area contributed by atoms with Crippen LogP contribution in [0.5, 0.6) is 5.75 Å². The second-order valence-electron chi connectivity index (χ2n) is 6.16. The molecule has 0 bridgehead atoms. The predicted octanol–water partition coefficient (Wildman–Crippen LogP) is 1.60. The lowest BCUT2D eigenvalue weighted by molar-refractivity contribution is -0.123. The molecule has 1 aromatic carbocycles. The van der Waals surface area contributed by atoms with Crippen molar-refractivity contribution >= 4 is 5.91 Å². The van der Waals surface area contributed by atoms with Crippen molar-refractivity contribution in [3.05, 3.63) is 30.3 Å². The molecule has 1 heterocycles. The highest BCUT2D eigenvalue weighted by Crippen LogP contribution is 2.08. The first-order valence-electron chi connectivity index (χ1n) is 8.59. The summed E-state index contributed by atoms with van der Waals surface area (Å²) in [7, 11) is 0. The minimum absolute atomic E-state index is 0.139. The maximum Gasteiger partial charge on any atom is 0.234 e. The van der Waals surface area contributed by atoms with Gasteiger partial charge < -0.3 is 10.1 Å². The molecule has 1 saturated heterocycles. The fourth-order valence-electron chi connectivity index (χ4n) is 2.61. The van der Waals surface area contributed by atoms with Crippen molar-refractivity contribution in [1.82, 2.24) is 15.1 Å². The first-order valence-corrected chi connectivity index (χ1v) is 8.59. The third-order valence-corrected chi connectivity index (χ3v) is 4.27. The lowest BCUT2D eigenvalue weighted by atomic mass is 10.2. The monoisotopic (exact) mass is 319 g/mol. The van der Waals surface area contributed by atoms with Crippen LogP contribution < -0.4 is 10.1 Å². The number of para-hydroxylation sites is 1. The highest BCUT2D eigenvalue weighted by Gasteiger charge is 2.19. The molecule has 0 aromatic heterocycles. The molecule has 0 spiro atoms. The Morgan fingerprint density at radius 1 is 1.17 bits per heavy atom. The first kappa shape index (κ1) is 17.8. The van der Waals surface area contributed by atoms with Crippen LogP contribution >= 0.6 is 0 Å². The van der Waals surface area contributed by atoms with E-state index in [4.69, 9.17) is 4.74 Å². The summed E-state index contributed by atoms with van der Waals surface area (Å²) in [6.07, 6.45) is 0.973. The molecular formula is C18H29N3O2. The van der Waals surface area contributed by atoms with Crippen molar-refractivity contribution in [3.63, 3.8) is 0 Å². The summed E-state index contributed by atoms with van der Waals surface area (Å²) < 4.78 is 5.74. The van der Waals surface area contributed by atoms with Gasteiger partial charge in [0.15, 0.2) is 0 Å². The van der Waals surface area contributed by atoms with Crippen molar-refractivity contribution in [2.75, 3.05) is 45.9 Å². The number of ether oxygens (including phenoxy) is 1. The van der Waals surface area contributed by atoms with E-state index in [1.54, 1.807) is 0 Å². The summed E-state index contributed by atoms with van der Waals surface area (Å²) in [5.41, 5.74) is 0. The van der Waals surface area contributed by atoms with Gasteiger partial charge in [0.2, 0.25) is 5.91 Å². The van der Waals surface area contributed by atoms with Crippen LogP contribution in [0.15, 0.2) is 30.3 Å². The zero-order valence-corrected chi connectivity index (χ0v) is 14.3. The van der Waals surface area contributed by atoms with Crippen LogP contribution in [-0.4, -0.2) is 67.6 Å². The summed E-state index contributed by atoms with van der Waals surface area (Å²) in [6, 6.07) is 10.2. The molecule has 2 rings (SSSR count). The largest absolute Gasteiger partial charge is 0.492 e. The molecule has 5 heteroatoms. The smallest absolute Gasteiger partial charge is 0.234 e. The van der Waals surface area contributed by atoms with Gasteiger partial charge in [-0.05, 0) is 25.5 Å². The van der Waals surface area contributed by atoms with Gasteiger partial charge in [0.05, 0.1) is 6.54 Å². The maximum absolute atomic E-state index is 11.9. The minimum Gasteiger partial charge on any atom is -0.492 e. The molecule has 1 atom stereocenters. The summed E-state index contributed by atoms with van der Waals surface area (Å²) in [5, 5.41) is 3.03. The number of carbonyl (C=O) groups is 1. The number of nitrogens with one attached hydrogen (secondary N) is 1. The van der Waals surface area contributed by atoms with Crippen LogP contribution in [0, 0.1) is 0 Å². The number of rotatable bonds is 8. The van der Waals surface area contributed by atoms with E-state index in [0.29, 0.717) is 13.2 Å². The maximum atomic E-state index is 11.9. The molecule has 1 aromatic rings. The van der Waals surface area contributed by atoms with Crippen LogP contribution in [0.1, 0.15) is 20.3 Å². The van der Waals surface area contributed by atoms with Crippen LogP contribution in [0.25, 0.3) is 0 Å². The molecule has 128 valence electrons. The standard InChI is InChI=1S/C18H29N3O2/c1-3-16(2)19-18(22)15-21-11-9-20(10-12-21)13-14-23-17-7-5-4-6-8-17/h4-8,16H,3,9-15H2,1-2H3,(H,19,22). The van der Waals surface area contributed by atoms with Crippen molar-refractivity contribution in [2.45, 2.75) is 26.3 Å². The molecule has 1 fully saturated rings. The van der Waals surface area contributed by atoms with Gasteiger partial charge in [-0.3, -0.25) is 14.6 Å². The van der Waals surface area contributed by atoms with Crippen LogP contribution in [-0.2, 0) is 4.79 Å². The molecule has 1 aliphatic rings. The fraction of sp³-hybridized carbons (Fsp3) is 0.611. The Balaban J connectivity index is 1.59. The lowest BCUT2D eigenvalue weighted by Gasteiger charge is -2.34. The molecule has 1 unspecified atom stereocenters. The number of benzene rings is 1. The molecular weight excluding hydrogens is 290 g/mol. The van der Waals surface area contributed by atoms with Crippen molar-refractivity contribution in [2.24, 2.45) is 0 Å². The molecule has 1 N–H and O–H groups in total. The quantitative estimate of drug-likeness (QED) is 0.790. The Kier molecular flexibility index (Phi) is 7.36. The van der Waals surface area contributed by atoms with E-state index >= 15 is 0 Å². The first-order chi connectivity index (χ1) is 11.2. The summed E-state index contributed by atoms with van der Waals surface area (Å²) in [4.78, 5) is 16.5. The second kappa shape index (κ2) is 9.53. The number of carbonyl (C=O) groups excluding carboxylic acids is 1. The van der Waals surface area contributed by atoms with Crippen molar-refractivity contribution < 1.29 is 9.53 Å². The van der Waals surface area contributed by atoms with E-state index < -0.39 is 0 Å². The SMILES string of the molecule is CCC(C)NC(=O)CN1CCN(CCOc2ccccc2)CC1. The molecule has 0 aliphatic carbocycles. The number of hydrogen-bond acceptors (Lipinski definition) is 4. The summed E-state index contributed by atoms with van der Waals surface area (Å²) in [6.45, 7) is 10.2. The Bertz CT molecular complexity index is 459. The van der Waals surface area contributed by atoms with E-state index in [1.165, 1.54) is 0 Å². The van der Waals surface area contributed by atoms with Gasteiger partial charge >= 0.3 is 0 Å². The van der Waals surface area contributed by atoms with Gasteiger partial charge in [0.25, 0.3) is 0 Å². The second-order valence-corrected chi connectivity index (χ2v) is 6.16. The van der Waals surface area contributed by atoms with Gasteiger partial charge in [-0.2, -0.15) is 0 Å². The Morgan fingerprint density at radius 3 is 2.48 bits per heavy atom. The van der Waals surface area contributed by atoms with Gasteiger partial charge in [-0.25, -0.2) is 0 Å². The molecule has 0 radical (unpaired) electrons. The van der Waals surface area contributed by atoms with Crippen LogP contribution in [0.2, 0.25) is 0 Å². The van der Waals surface area contributed by atoms with Crippen molar-refractivity contribution in [3.8, 4) is 5.75 Å². The van der Waals surface area contributed by atoms with Crippen molar-refractivity contribution in [1.29, 1.82) is 0 Å². The van der Waals surface area contributed by atoms with E-state index in [0.717, 1.165) is 44.9 Å². The molecule has 23 heavy (non-hydrogen) atoms. The number of amides is 1. The summed E-state index contributed by atoms with van der Waals surface area (Å²) in [5.74, 6) is 1.06. The molecule has 1 aliphatic heterocycles. The number of nitrogens with zero attached hydrogens (tertiary/aromatic N) is 2. The van der Waals surface area contributed by atoms with Crippen LogP contribution in [0.4, 0.5) is 0 Å². The zero-order valence-electron chi connectivity index (χ0n) is 14.3. The third kappa shape index (κ3) is 6.59. The number of hydrogen-bond donors (Lipinski definition) is 1. The molecule has 0 saturated carbocycles. The third-order valence-electron chi connectivity index (χ3n) is 4.27. The zero-order chi connectivity index (χ0) is 16.5. The predicted molar refractivity (Wildman–Crippen MR) is 92.7 cm³/mol. The summed E-state index contributed by atoms with van der Waals surface area (Å²) >= 11 is 0. The Hall–Kier alpha value is -1.59. The van der Waals surface area contributed by atoms with Crippen LogP contribution in [0.3, 0.4) is 0 Å². The lowest BCUT2D eigenvalue weighted by Crippen LogP contribution is -2.50. The average molecular weight is 319 g/mol. The fourth-order valence-corrected chi connectivity index (χ4v) is 2.61. The Morgan fingerprint density at radius 2 is 1.83 bits per heavy atom. The van der Waals surface area contributed by atoms with E-state index in [-0.39, 0.29) is 11.9 Å². The molecule has 1 amide bonds. The Labute approximate surface area is 139 Å².